The zero-order valence-electron chi connectivity index (χ0n) is 16.6. The fourth-order valence-electron chi connectivity index (χ4n) is 2.81. The van der Waals surface area contributed by atoms with Gasteiger partial charge in [-0.15, -0.1) is 0 Å². The molecule has 0 spiro atoms. The Labute approximate surface area is 172 Å². The monoisotopic (exact) mass is 407 g/mol. The number of ether oxygens (including phenoxy) is 1. The molecule has 0 bridgehead atoms. The summed E-state index contributed by atoms with van der Waals surface area (Å²) >= 11 is 0. The molecular weight excluding hydrogens is 386 g/mol. The SMILES string of the molecule is CC(C)CC(=O)Nc1ccc(C(=O)COC(=O)c2cc(=O)c3ccccc3o2)cc1. The predicted octanol–water partition coefficient (Wildman–Crippen LogP) is 3.82. The number of rotatable bonds is 7. The number of carbonyl (C=O) groups excluding carboxylic acids is 3. The van der Waals surface area contributed by atoms with Crippen molar-refractivity contribution >= 4 is 34.3 Å². The Bertz CT molecular complexity index is 1140. The number of amides is 1. The van der Waals surface area contributed by atoms with Crippen LogP contribution in [0.1, 0.15) is 41.2 Å². The van der Waals surface area contributed by atoms with Crippen LogP contribution in [-0.2, 0) is 9.53 Å². The van der Waals surface area contributed by atoms with Gasteiger partial charge in [-0.3, -0.25) is 14.4 Å². The van der Waals surface area contributed by atoms with Gasteiger partial charge in [0, 0.05) is 23.7 Å². The molecule has 1 amide bonds. The largest absolute Gasteiger partial charge is 0.451 e. The van der Waals surface area contributed by atoms with E-state index in [1.165, 1.54) is 12.1 Å². The van der Waals surface area contributed by atoms with Crippen LogP contribution < -0.4 is 10.7 Å². The molecule has 0 aliphatic heterocycles. The molecule has 3 aromatic rings. The van der Waals surface area contributed by atoms with E-state index in [1.54, 1.807) is 36.4 Å². The van der Waals surface area contributed by atoms with Crippen LogP contribution in [0.25, 0.3) is 11.0 Å². The van der Waals surface area contributed by atoms with Crippen molar-refractivity contribution in [2.24, 2.45) is 5.92 Å². The average Bonchev–Trinajstić information content (AvgIpc) is 2.71. The summed E-state index contributed by atoms with van der Waals surface area (Å²) in [6.07, 6.45) is 0.404. The molecule has 0 saturated carbocycles. The maximum absolute atomic E-state index is 12.3. The Morgan fingerprint density at radius 2 is 1.73 bits per heavy atom. The van der Waals surface area contributed by atoms with Gasteiger partial charge in [0.05, 0.1) is 5.39 Å². The Kier molecular flexibility index (Phi) is 6.41. The summed E-state index contributed by atoms with van der Waals surface area (Å²) in [5.74, 6) is -1.45. The van der Waals surface area contributed by atoms with E-state index in [-0.39, 0.29) is 28.6 Å². The summed E-state index contributed by atoms with van der Waals surface area (Å²) < 4.78 is 10.4. The summed E-state index contributed by atoms with van der Waals surface area (Å²) in [5, 5.41) is 3.11. The van der Waals surface area contributed by atoms with Crippen LogP contribution >= 0.6 is 0 Å². The van der Waals surface area contributed by atoms with Gasteiger partial charge in [0.25, 0.3) is 0 Å². The van der Waals surface area contributed by atoms with E-state index in [4.69, 9.17) is 9.15 Å². The van der Waals surface area contributed by atoms with Gasteiger partial charge in [-0.05, 0) is 42.3 Å². The van der Waals surface area contributed by atoms with Crippen molar-refractivity contribution in [2.45, 2.75) is 20.3 Å². The molecule has 0 atom stereocenters. The minimum Gasteiger partial charge on any atom is -0.451 e. The number of fused-ring (bicyclic) bond motifs is 1. The summed E-state index contributed by atoms with van der Waals surface area (Å²) in [5.41, 5.74) is 0.792. The van der Waals surface area contributed by atoms with Crippen LogP contribution in [0.4, 0.5) is 5.69 Å². The second-order valence-corrected chi connectivity index (χ2v) is 7.19. The number of esters is 1. The van der Waals surface area contributed by atoms with E-state index < -0.39 is 18.4 Å². The molecule has 0 radical (unpaired) electrons. The lowest BCUT2D eigenvalue weighted by Crippen LogP contribution is -2.16. The molecule has 1 heterocycles. The van der Waals surface area contributed by atoms with Crippen LogP contribution in [0.3, 0.4) is 0 Å². The maximum atomic E-state index is 12.3. The number of Topliss-reactive ketones (excluding diaryl/α,β-unsaturated/α-hetero) is 1. The van der Waals surface area contributed by atoms with Gasteiger partial charge < -0.3 is 14.5 Å². The standard InChI is InChI=1S/C23H21NO6/c1-14(2)11-22(27)24-16-9-7-15(8-10-16)19(26)13-29-23(28)21-12-18(25)17-5-3-4-6-20(17)30-21/h3-10,12,14H,11,13H2,1-2H3,(H,24,27). The minimum atomic E-state index is -0.899. The van der Waals surface area contributed by atoms with E-state index in [2.05, 4.69) is 5.32 Å². The van der Waals surface area contributed by atoms with Crippen molar-refractivity contribution in [3.05, 3.63) is 76.1 Å². The first-order valence-corrected chi connectivity index (χ1v) is 9.46. The molecule has 7 heteroatoms. The molecule has 3 rings (SSSR count). The zero-order valence-corrected chi connectivity index (χ0v) is 16.6. The fraction of sp³-hybridized carbons (Fsp3) is 0.217. The van der Waals surface area contributed by atoms with Crippen LogP contribution in [-0.4, -0.2) is 24.3 Å². The number of anilines is 1. The zero-order chi connectivity index (χ0) is 21.7. The predicted molar refractivity (Wildman–Crippen MR) is 112 cm³/mol. The molecule has 0 unspecified atom stereocenters. The lowest BCUT2D eigenvalue weighted by Gasteiger charge is -2.08. The summed E-state index contributed by atoms with van der Waals surface area (Å²) in [6.45, 7) is 3.39. The molecule has 0 fully saturated rings. The first-order valence-electron chi connectivity index (χ1n) is 9.46. The number of hydrogen-bond acceptors (Lipinski definition) is 6. The quantitative estimate of drug-likeness (QED) is 0.472. The first kappa shape index (κ1) is 21.0. The highest BCUT2D eigenvalue weighted by Gasteiger charge is 2.16. The number of para-hydroxylation sites is 1. The summed E-state index contributed by atoms with van der Waals surface area (Å²) in [4.78, 5) is 48.3. The van der Waals surface area contributed by atoms with Crippen LogP contribution in [0.15, 0.2) is 63.8 Å². The van der Waals surface area contributed by atoms with Crippen molar-refractivity contribution in [2.75, 3.05) is 11.9 Å². The fourth-order valence-corrected chi connectivity index (χ4v) is 2.81. The average molecular weight is 407 g/mol. The van der Waals surface area contributed by atoms with Gasteiger partial charge in [-0.25, -0.2) is 4.79 Å². The number of hydrogen-bond donors (Lipinski definition) is 1. The third-order valence-corrected chi connectivity index (χ3v) is 4.25. The minimum absolute atomic E-state index is 0.102. The smallest absolute Gasteiger partial charge is 0.374 e. The highest BCUT2D eigenvalue weighted by atomic mass is 16.5. The highest BCUT2D eigenvalue weighted by Crippen LogP contribution is 2.14. The molecule has 7 nitrogen and oxygen atoms in total. The molecule has 0 aliphatic rings. The molecular formula is C23H21NO6. The first-order chi connectivity index (χ1) is 14.3. The Morgan fingerprint density at radius 1 is 1.03 bits per heavy atom. The number of ketones is 1. The van der Waals surface area contributed by atoms with Gasteiger partial charge in [0.2, 0.25) is 11.7 Å². The van der Waals surface area contributed by atoms with E-state index >= 15 is 0 Å². The topological polar surface area (TPSA) is 103 Å². The number of carbonyl (C=O) groups is 3. The number of nitrogens with one attached hydrogen (secondary N) is 1. The van der Waals surface area contributed by atoms with Gasteiger partial charge in [0.15, 0.2) is 17.8 Å². The maximum Gasteiger partial charge on any atom is 0.374 e. The molecule has 30 heavy (non-hydrogen) atoms. The Morgan fingerprint density at radius 3 is 2.43 bits per heavy atom. The Balaban J connectivity index is 1.60. The van der Waals surface area contributed by atoms with Crippen molar-refractivity contribution in [1.29, 1.82) is 0 Å². The Hall–Kier alpha value is -3.74. The van der Waals surface area contributed by atoms with Crippen molar-refractivity contribution in [1.82, 2.24) is 0 Å². The molecule has 0 aliphatic carbocycles. The molecule has 1 aromatic heterocycles. The van der Waals surface area contributed by atoms with Gasteiger partial charge >= 0.3 is 5.97 Å². The van der Waals surface area contributed by atoms with Gasteiger partial charge in [0.1, 0.15) is 5.58 Å². The van der Waals surface area contributed by atoms with E-state index in [0.717, 1.165) is 6.07 Å². The van der Waals surface area contributed by atoms with Crippen molar-refractivity contribution in [3.63, 3.8) is 0 Å². The summed E-state index contributed by atoms with van der Waals surface area (Å²) in [7, 11) is 0. The molecule has 0 saturated heterocycles. The normalized spacial score (nSPS) is 10.8. The second kappa shape index (κ2) is 9.17. The van der Waals surface area contributed by atoms with Gasteiger partial charge in [-0.2, -0.15) is 0 Å². The molecule has 1 N–H and O–H groups in total. The lowest BCUT2D eigenvalue weighted by molar-refractivity contribution is -0.116. The van der Waals surface area contributed by atoms with E-state index in [0.29, 0.717) is 23.1 Å². The second-order valence-electron chi connectivity index (χ2n) is 7.19. The molecule has 2 aromatic carbocycles. The third kappa shape index (κ3) is 5.20. The van der Waals surface area contributed by atoms with Crippen molar-refractivity contribution < 1.29 is 23.5 Å². The highest BCUT2D eigenvalue weighted by molar-refractivity contribution is 5.99. The third-order valence-electron chi connectivity index (χ3n) is 4.25. The molecule has 154 valence electrons. The van der Waals surface area contributed by atoms with Crippen LogP contribution in [0.2, 0.25) is 0 Å². The van der Waals surface area contributed by atoms with Gasteiger partial charge in [-0.1, -0.05) is 26.0 Å². The van der Waals surface area contributed by atoms with Crippen molar-refractivity contribution in [3.8, 4) is 0 Å². The van der Waals surface area contributed by atoms with Crippen LogP contribution in [0, 0.1) is 5.92 Å². The number of benzene rings is 2. The van der Waals surface area contributed by atoms with E-state index in [9.17, 15) is 19.2 Å². The summed E-state index contributed by atoms with van der Waals surface area (Å²) in [6, 6.07) is 13.9. The van der Waals surface area contributed by atoms with Crippen LogP contribution in [0.5, 0.6) is 0 Å². The van der Waals surface area contributed by atoms with E-state index in [1.807, 2.05) is 13.8 Å². The lowest BCUT2D eigenvalue weighted by atomic mass is 10.1.